The van der Waals surface area contributed by atoms with E-state index in [1.54, 1.807) is 6.07 Å². The number of hydrogen-bond acceptors (Lipinski definition) is 3. The van der Waals surface area contributed by atoms with Crippen LogP contribution in [0.1, 0.15) is 30.7 Å². The molecule has 0 aromatic heterocycles. The second kappa shape index (κ2) is 5.50. The molecular weight excluding hydrogens is 283 g/mol. The van der Waals surface area contributed by atoms with Crippen LogP contribution in [0, 0.1) is 0 Å². The summed E-state index contributed by atoms with van der Waals surface area (Å²) in [4.78, 5) is 0. The molecule has 1 aromatic carbocycles. The van der Waals surface area contributed by atoms with E-state index in [9.17, 15) is 13.2 Å². The molecule has 2 fully saturated rings. The quantitative estimate of drug-likeness (QED) is 0.910. The minimum Gasteiger partial charge on any atom is -0.406 e. The molecule has 2 heterocycles. The smallest absolute Gasteiger partial charge is 0.406 e. The Morgan fingerprint density at radius 2 is 2.00 bits per heavy atom. The Bertz CT molecular complexity index is 498. The van der Waals surface area contributed by atoms with Gasteiger partial charge in [-0.05, 0) is 50.0 Å². The van der Waals surface area contributed by atoms with Crippen molar-refractivity contribution in [3.8, 4) is 5.75 Å². The molecule has 116 valence electrons. The fraction of sp³-hybridized carbons (Fsp3) is 0.600. The lowest BCUT2D eigenvalue weighted by molar-refractivity contribution is -0.274. The summed E-state index contributed by atoms with van der Waals surface area (Å²) in [5.41, 5.74) is 0.753. The van der Waals surface area contributed by atoms with Gasteiger partial charge in [0.25, 0.3) is 0 Å². The maximum Gasteiger partial charge on any atom is 0.573 e. The van der Waals surface area contributed by atoms with Crippen LogP contribution < -0.4 is 10.1 Å². The third-order valence-electron chi connectivity index (χ3n) is 4.29. The maximum absolute atomic E-state index is 12.3. The van der Waals surface area contributed by atoms with Gasteiger partial charge < -0.3 is 14.8 Å². The highest BCUT2D eigenvalue weighted by atomic mass is 19.4. The van der Waals surface area contributed by atoms with Crippen molar-refractivity contribution in [2.24, 2.45) is 0 Å². The Morgan fingerprint density at radius 3 is 2.71 bits per heavy atom. The van der Waals surface area contributed by atoms with Gasteiger partial charge in [-0.3, -0.25) is 0 Å². The summed E-state index contributed by atoms with van der Waals surface area (Å²) in [7, 11) is 0. The van der Waals surface area contributed by atoms with Crippen molar-refractivity contribution in [2.75, 3.05) is 19.7 Å². The lowest BCUT2D eigenvalue weighted by atomic mass is 9.84. The molecule has 1 aromatic rings. The normalized spacial score (nSPS) is 25.2. The first-order valence-corrected chi connectivity index (χ1v) is 7.16. The standard InChI is InChI=1S/C15H18F3NO2/c16-15(17,18)21-13-3-1-2-11(8-13)12-9-14(20-10-12)4-6-19-7-5-14/h1-3,8,12,19H,4-7,9-10H2. The molecule has 0 bridgehead atoms. The Kier molecular flexibility index (Phi) is 3.84. The monoisotopic (exact) mass is 301 g/mol. The fourth-order valence-electron chi connectivity index (χ4n) is 3.25. The molecule has 6 heteroatoms. The van der Waals surface area contributed by atoms with E-state index < -0.39 is 6.36 Å². The molecule has 1 unspecified atom stereocenters. The number of alkyl halides is 3. The van der Waals surface area contributed by atoms with E-state index in [1.807, 2.05) is 6.07 Å². The predicted octanol–water partition coefficient (Wildman–Crippen LogP) is 3.21. The zero-order valence-electron chi connectivity index (χ0n) is 11.6. The first-order valence-electron chi connectivity index (χ1n) is 7.16. The number of ether oxygens (including phenoxy) is 2. The lowest BCUT2D eigenvalue weighted by Gasteiger charge is -2.33. The van der Waals surface area contributed by atoms with E-state index in [4.69, 9.17) is 4.74 Å². The van der Waals surface area contributed by atoms with Crippen LogP contribution in [-0.4, -0.2) is 31.7 Å². The minimum absolute atomic E-state index is 0.100. The van der Waals surface area contributed by atoms with Crippen LogP contribution in [0.25, 0.3) is 0 Å². The molecular formula is C15H18F3NO2. The van der Waals surface area contributed by atoms with E-state index in [-0.39, 0.29) is 17.3 Å². The third kappa shape index (κ3) is 3.49. The van der Waals surface area contributed by atoms with Crippen LogP contribution in [0.4, 0.5) is 13.2 Å². The van der Waals surface area contributed by atoms with E-state index in [0.717, 1.165) is 37.9 Å². The van der Waals surface area contributed by atoms with E-state index in [1.165, 1.54) is 12.1 Å². The average Bonchev–Trinajstić information content (AvgIpc) is 2.82. The number of hydrogen-bond donors (Lipinski definition) is 1. The van der Waals surface area contributed by atoms with Crippen molar-refractivity contribution in [3.05, 3.63) is 29.8 Å². The van der Waals surface area contributed by atoms with Crippen LogP contribution in [0.5, 0.6) is 5.75 Å². The zero-order valence-corrected chi connectivity index (χ0v) is 11.6. The lowest BCUT2D eigenvalue weighted by Crippen LogP contribution is -2.41. The Labute approximate surface area is 121 Å². The van der Waals surface area contributed by atoms with Crippen molar-refractivity contribution in [1.29, 1.82) is 0 Å². The van der Waals surface area contributed by atoms with Crippen molar-refractivity contribution >= 4 is 0 Å². The molecule has 1 N–H and O–H groups in total. The van der Waals surface area contributed by atoms with E-state index in [2.05, 4.69) is 10.1 Å². The molecule has 3 nitrogen and oxygen atoms in total. The molecule has 1 spiro atoms. The summed E-state index contributed by atoms with van der Waals surface area (Å²) in [6.45, 7) is 2.43. The highest BCUT2D eigenvalue weighted by Crippen LogP contribution is 2.42. The number of halogens is 3. The van der Waals surface area contributed by atoms with Crippen LogP contribution in [0.15, 0.2) is 24.3 Å². The minimum atomic E-state index is -4.65. The van der Waals surface area contributed by atoms with Crippen molar-refractivity contribution in [2.45, 2.75) is 37.1 Å². The highest BCUT2D eigenvalue weighted by Gasteiger charge is 2.41. The van der Waals surface area contributed by atoms with Gasteiger partial charge in [-0.25, -0.2) is 0 Å². The second-order valence-corrected chi connectivity index (χ2v) is 5.77. The number of rotatable bonds is 2. The van der Waals surface area contributed by atoms with Gasteiger partial charge in [0.15, 0.2) is 0 Å². The first kappa shape index (κ1) is 14.7. The summed E-state index contributed by atoms with van der Waals surface area (Å²) >= 11 is 0. The molecule has 3 rings (SSSR count). The number of piperidine rings is 1. The van der Waals surface area contributed by atoms with Gasteiger partial charge in [0.1, 0.15) is 5.75 Å². The van der Waals surface area contributed by atoms with Gasteiger partial charge in [-0.2, -0.15) is 0 Å². The predicted molar refractivity (Wildman–Crippen MR) is 71.3 cm³/mol. The molecule has 2 saturated heterocycles. The number of nitrogens with one attached hydrogen (secondary N) is 1. The summed E-state index contributed by atoms with van der Waals surface area (Å²) in [5.74, 6) is -0.0221. The molecule has 0 saturated carbocycles. The third-order valence-corrected chi connectivity index (χ3v) is 4.29. The fourth-order valence-corrected chi connectivity index (χ4v) is 3.25. The van der Waals surface area contributed by atoms with Gasteiger partial charge in [0.05, 0.1) is 12.2 Å². The number of benzene rings is 1. The van der Waals surface area contributed by atoms with E-state index >= 15 is 0 Å². The highest BCUT2D eigenvalue weighted by molar-refractivity contribution is 5.32. The Balaban J connectivity index is 1.71. The van der Waals surface area contributed by atoms with Gasteiger partial charge in [-0.15, -0.1) is 13.2 Å². The summed E-state index contributed by atoms with van der Waals surface area (Å²) in [6, 6.07) is 6.25. The zero-order chi connectivity index (χ0) is 14.9. The molecule has 1 atom stereocenters. The first-order chi connectivity index (χ1) is 9.96. The van der Waals surface area contributed by atoms with Crippen LogP contribution >= 0.6 is 0 Å². The van der Waals surface area contributed by atoms with Crippen LogP contribution in [-0.2, 0) is 4.74 Å². The van der Waals surface area contributed by atoms with Gasteiger partial charge >= 0.3 is 6.36 Å². The summed E-state index contributed by atoms with van der Waals surface area (Å²) in [5, 5.41) is 3.30. The summed E-state index contributed by atoms with van der Waals surface area (Å²) < 4.78 is 46.8. The Hall–Kier alpha value is -1.27. The molecule has 0 aliphatic carbocycles. The van der Waals surface area contributed by atoms with Crippen molar-refractivity contribution in [1.82, 2.24) is 5.32 Å². The summed E-state index contributed by atoms with van der Waals surface area (Å²) in [6.07, 6.45) is -1.87. The van der Waals surface area contributed by atoms with Crippen molar-refractivity contribution in [3.63, 3.8) is 0 Å². The van der Waals surface area contributed by atoms with Crippen molar-refractivity contribution < 1.29 is 22.6 Å². The maximum atomic E-state index is 12.3. The molecule has 2 aliphatic rings. The van der Waals surface area contributed by atoms with Gasteiger partial charge in [-0.1, -0.05) is 12.1 Å². The van der Waals surface area contributed by atoms with Crippen LogP contribution in [0.3, 0.4) is 0 Å². The largest absolute Gasteiger partial charge is 0.573 e. The average molecular weight is 301 g/mol. The Morgan fingerprint density at radius 1 is 1.24 bits per heavy atom. The topological polar surface area (TPSA) is 30.5 Å². The van der Waals surface area contributed by atoms with Crippen LogP contribution in [0.2, 0.25) is 0 Å². The molecule has 21 heavy (non-hydrogen) atoms. The molecule has 0 amide bonds. The van der Waals surface area contributed by atoms with Gasteiger partial charge in [0, 0.05) is 5.92 Å². The second-order valence-electron chi connectivity index (χ2n) is 5.77. The van der Waals surface area contributed by atoms with Gasteiger partial charge in [0.2, 0.25) is 0 Å². The molecule has 2 aliphatic heterocycles. The SMILES string of the molecule is FC(F)(F)Oc1cccc(C2COC3(CCNCC3)C2)c1. The van der Waals surface area contributed by atoms with E-state index in [0.29, 0.717) is 6.61 Å². The molecule has 0 radical (unpaired) electrons.